The second-order valence-electron chi connectivity index (χ2n) is 6.41. The Labute approximate surface area is 127 Å². The second-order valence-corrected chi connectivity index (χ2v) is 6.41. The minimum atomic E-state index is 0.202. The number of hydrogen-bond donors (Lipinski definition) is 0. The molecule has 0 aliphatic heterocycles. The van der Waals surface area contributed by atoms with E-state index < -0.39 is 0 Å². The normalized spacial score (nSPS) is 25.1. The van der Waals surface area contributed by atoms with Gasteiger partial charge < -0.3 is 4.74 Å². The zero-order chi connectivity index (χ0) is 15.4. The molecule has 1 aliphatic rings. The van der Waals surface area contributed by atoms with Crippen LogP contribution in [0.15, 0.2) is 18.2 Å². The summed E-state index contributed by atoms with van der Waals surface area (Å²) in [4.78, 5) is 0. The molecule has 3 nitrogen and oxygen atoms in total. The van der Waals surface area contributed by atoms with E-state index in [0.29, 0.717) is 34.6 Å². The van der Waals surface area contributed by atoms with Gasteiger partial charge in [0.15, 0.2) is 0 Å². The van der Waals surface area contributed by atoms with Gasteiger partial charge in [0.2, 0.25) is 0 Å². The van der Waals surface area contributed by atoms with Gasteiger partial charge in [-0.1, -0.05) is 27.2 Å². The molecular weight excluding hydrogens is 260 g/mol. The molecule has 0 bridgehead atoms. The van der Waals surface area contributed by atoms with E-state index >= 15 is 0 Å². The highest BCUT2D eigenvalue weighted by molar-refractivity contribution is 5.49. The summed E-state index contributed by atoms with van der Waals surface area (Å²) in [6, 6.07) is 9.26. The first-order chi connectivity index (χ1) is 10.0. The lowest BCUT2D eigenvalue weighted by atomic mass is 9.75. The predicted octanol–water partition coefficient (Wildman–Crippen LogP) is 4.27. The highest BCUT2D eigenvalue weighted by atomic mass is 16.5. The van der Waals surface area contributed by atoms with Crippen LogP contribution in [0.3, 0.4) is 0 Å². The lowest BCUT2D eigenvalue weighted by molar-refractivity contribution is 0.0460. The lowest BCUT2D eigenvalue weighted by Gasteiger charge is -2.37. The van der Waals surface area contributed by atoms with Crippen LogP contribution in [0.25, 0.3) is 0 Å². The summed E-state index contributed by atoms with van der Waals surface area (Å²) in [5.74, 6) is 2.54. The molecule has 1 aromatic carbocycles. The molecule has 0 radical (unpaired) electrons. The van der Waals surface area contributed by atoms with E-state index in [1.807, 2.05) is 6.07 Å². The van der Waals surface area contributed by atoms with Gasteiger partial charge in [-0.3, -0.25) is 0 Å². The standard InChI is InChI=1S/C18H22N2O/c1-12(2)17-7-4-13(3)8-18(17)21-16-6-5-14(10-19)15(9-16)11-20/h5-6,9,12-13,17-18H,4,7-8H2,1-3H3/t13-,17+,18-/m1/s1. The van der Waals surface area contributed by atoms with Crippen LogP contribution in [0.1, 0.15) is 51.2 Å². The highest BCUT2D eigenvalue weighted by Crippen LogP contribution is 2.36. The molecule has 2 rings (SSSR count). The van der Waals surface area contributed by atoms with Gasteiger partial charge in [-0.25, -0.2) is 0 Å². The summed E-state index contributed by atoms with van der Waals surface area (Å²) in [6.07, 6.45) is 3.73. The molecule has 0 unspecified atom stereocenters. The summed E-state index contributed by atoms with van der Waals surface area (Å²) in [5, 5.41) is 18.1. The fourth-order valence-electron chi connectivity index (χ4n) is 3.21. The van der Waals surface area contributed by atoms with Crippen LogP contribution in [0.4, 0.5) is 0 Å². The molecule has 3 atom stereocenters. The van der Waals surface area contributed by atoms with E-state index in [0.717, 1.165) is 6.42 Å². The van der Waals surface area contributed by atoms with Crippen LogP contribution >= 0.6 is 0 Å². The van der Waals surface area contributed by atoms with Gasteiger partial charge in [-0.05, 0) is 48.8 Å². The zero-order valence-electron chi connectivity index (χ0n) is 13.0. The van der Waals surface area contributed by atoms with Crippen molar-refractivity contribution < 1.29 is 4.74 Å². The molecule has 110 valence electrons. The Morgan fingerprint density at radius 3 is 2.48 bits per heavy atom. The Balaban J connectivity index is 2.19. The Hall–Kier alpha value is -2.00. The van der Waals surface area contributed by atoms with E-state index in [9.17, 15) is 0 Å². The van der Waals surface area contributed by atoms with Crippen molar-refractivity contribution in [3.8, 4) is 17.9 Å². The first-order valence-electron chi connectivity index (χ1n) is 7.66. The van der Waals surface area contributed by atoms with Gasteiger partial charge in [-0.2, -0.15) is 10.5 Å². The maximum atomic E-state index is 9.11. The molecule has 0 saturated heterocycles. The fraction of sp³-hybridized carbons (Fsp3) is 0.556. The van der Waals surface area contributed by atoms with Crippen molar-refractivity contribution in [2.24, 2.45) is 17.8 Å². The molecule has 0 aromatic heterocycles. The van der Waals surface area contributed by atoms with Crippen molar-refractivity contribution in [3.63, 3.8) is 0 Å². The quantitative estimate of drug-likeness (QED) is 0.831. The van der Waals surface area contributed by atoms with Crippen LogP contribution in [0, 0.1) is 40.4 Å². The van der Waals surface area contributed by atoms with Crippen molar-refractivity contribution in [1.29, 1.82) is 10.5 Å². The number of hydrogen-bond acceptors (Lipinski definition) is 3. The number of ether oxygens (including phenoxy) is 1. The van der Waals surface area contributed by atoms with E-state index in [1.54, 1.807) is 18.2 Å². The van der Waals surface area contributed by atoms with Gasteiger partial charge in [0.05, 0.1) is 11.1 Å². The average Bonchev–Trinajstić information content (AvgIpc) is 2.46. The number of rotatable bonds is 3. The minimum Gasteiger partial charge on any atom is -0.490 e. The molecule has 1 fully saturated rings. The Morgan fingerprint density at radius 2 is 1.86 bits per heavy atom. The van der Waals surface area contributed by atoms with Crippen molar-refractivity contribution >= 4 is 0 Å². The van der Waals surface area contributed by atoms with Gasteiger partial charge in [0.25, 0.3) is 0 Å². The van der Waals surface area contributed by atoms with Gasteiger partial charge in [0, 0.05) is 0 Å². The Kier molecular flexibility index (Phi) is 4.86. The van der Waals surface area contributed by atoms with Crippen LogP contribution in [-0.4, -0.2) is 6.10 Å². The van der Waals surface area contributed by atoms with Crippen molar-refractivity contribution in [2.75, 3.05) is 0 Å². The van der Waals surface area contributed by atoms with E-state index in [4.69, 9.17) is 15.3 Å². The predicted molar refractivity (Wildman–Crippen MR) is 81.6 cm³/mol. The minimum absolute atomic E-state index is 0.202. The molecule has 1 saturated carbocycles. The largest absolute Gasteiger partial charge is 0.490 e. The third-order valence-electron chi connectivity index (χ3n) is 4.48. The van der Waals surface area contributed by atoms with Crippen LogP contribution in [0.5, 0.6) is 5.75 Å². The van der Waals surface area contributed by atoms with E-state index in [-0.39, 0.29) is 6.10 Å². The van der Waals surface area contributed by atoms with Crippen molar-refractivity contribution in [2.45, 2.75) is 46.1 Å². The maximum absolute atomic E-state index is 9.11. The molecule has 0 N–H and O–H groups in total. The number of nitriles is 2. The summed E-state index contributed by atoms with van der Waals surface area (Å²) in [6.45, 7) is 6.76. The van der Waals surface area contributed by atoms with Crippen molar-refractivity contribution in [3.05, 3.63) is 29.3 Å². The monoisotopic (exact) mass is 282 g/mol. The molecule has 1 aromatic rings. The summed E-state index contributed by atoms with van der Waals surface area (Å²) in [7, 11) is 0. The highest BCUT2D eigenvalue weighted by Gasteiger charge is 2.32. The van der Waals surface area contributed by atoms with Crippen molar-refractivity contribution in [1.82, 2.24) is 0 Å². The zero-order valence-corrected chi connectivity index (χ0v) is 13.0. The van der Waals surface area contributed by atoms with Gasteiger partial charge in [-0.15, -0.1) is 0 Å². The molecular formula is C18H22N2O. The Morgan fingerprint density at radius 1 is 1.14 bits per heavy atom. The maximum Gasteiger partial charge on any atom is 0.121 e. The lowest BCUT2D eigenvalue weighted by Crippen LogP contribution is -2.36. The topological polar surface area (TPSA) is 56.8 Å². The van der Waals surface area contributed by atoms with Crippen LogP contribution in [0.2, 0.25) is 0 Å². The average molecular weight is 282 g/mol. The molecule has 0 heterocycles. The SMILES string of the molecule is CC(C)[C@@H]1CC[C@@H](C)C[C@H]1Oc1ccc(C#N)c(C#N)c1. The van der Waals surface area contributed by atoms with Crippen LogP contribution < -0.4 is 4.74 Å². The Bertz CT molecular complexity index is 580. The molecule has 3 heteroatoms. The molecule has 1 aliphatic carbocycles. The molecule has 0 spiro atoms. The first-order valence-corrected chi connectivity index (χ1v) is 7.66. The summed E-state index contributed by atoms with van der Waals surface area (Å²) in [5.41, 5.74) is 0.794. The molecule has 21 heavy (non-hydrogen) atoms. The van der Waals surface area contributed by atoms with Gasteiger partial charge in [0.1, 0.15) is 24.0 Å². The van der Waals surface area contributed by atoms with Gasteiger partial charge >= 0.3 is 0 Å². The number of benzene rings is 1. The third-order valence-corrected chi connectivity index (χ3v) is 4.48. The molecule has 0 amide bonds. The van der Waals surface area contributed by atoms with Crippen LogP contribution in [-0.2, 0) is 0 Å². The fourth-order valence-corrected chi connectivity index (χ4v) is 3.21. The first kappa shape index (κ1) is 15.4. The summed E-state index contributed by atoms with van der Waals surface area (Å²) < 4.78 is 6.18. The van der Waals surface area contributed by atoms with E-state index in [2.05, 4.69) is 26.8 Å². The second kappa shape index (κ2) is 6.64. The third kappa shape index (κ3) is 3.56. The smallest absolute Gasteiger partial charge is 0.121 e. The van der Waals surface area contributed by atoms with E-state index in [1.165, 1.54) is 12.8 Å². The summed E-state index contributed by atoms with van der Waals surface area (Å²) >= 11 is 0. The number of nitrogens with zero attached hydrogens (tertiary/aromatic N) is 2.